The minimum Gasteiger partial charge on any atom is -0.389 e. The molecule has 1 aromatic carbocycles. The van der Waals surface area contributed by atoms with Crippen LogP contribution in [0.2, 0.25) is 0 Å². The van der Waals surface area contributed by atoms with Gasteiger partial charge in [0.2, 0.25) is 0 Å². The van der Waals surface area contributed by atoms with Crippen molar-refractivity contribution in [2.24, 2.45) is 0 Å². The number of rotatable bonds is 4. The first kappa shape index (κ1) is 14.0. The molecule has 1 saturated carbocycles. The van der Waals surface area contributed by atoms with Gasteiger partial charge in [-0.1, -0.05) is 24.3 Å². The molecular formula is C14H20N2O3S. The number of nitrogens with one attached hydrogen (secondary N) is 1. The third-order valence-electron chi connectivity index (χ3n) is 4.30. The Morgan fingerprint density at radius 1 is 1.25 bits per heavy atom. The molecule has 1 heterocycles. The smallest absolute Gasteiger partial charge is 0.279 e. The molecule has 0 radical (unpaired) electrons. The van der Waals surface area contributed by atoms with Crippen molar-refractivity contribution in [2.45, 2.75) is 37.8 Å². The summed E-state index contributed by atoms with van der Waals surface area (Å²) >= 11 is 0. The third kappa shape index (κ3) is 2.74. The van der Waals surface area contributed by atoms with Gasteiger partial charge in [-0.25, -0.2) is 0 Å². The second-order valence-corrected chi connectivity index (χ2v) is 7.51. The zero-order valence-corrected chi connectivity index (χ0v) is 12.2. The minimum absolute atomic E-state index is 0.119. The molecule has 0 spiro atoms. The van der Waals surface area contributed by atoms with Crippen LogP contribution in [0.25, 0.3) is 0 Å². The lowest BCUT2D eigenvalue weighted by Gasteiger charge is -2.37. The van der Waals surface area contributed by atoms with E-state index in [1.165, 1.54) is 9.87 Å². The Morgan fingerprint density at radius 2 is 1.95 bits per heavy atom. The first-order chi connectivity index (χ1) is 9.49. The van der Waals surface area contributed by atoms with Gasteiger partial charge in [0, 0.05) is 19.6 Å². The normalized spacial score (nSPS) is 22.1. The van der Waals surface area contributed by atoms with E-state index < -0.39 is 15.8 Å². The van der Waals surface area contributed by atoms with E-state index in [2.05, 4.69) is 4.72 Å². The van der Waals surface area contributed by atoms with Crippen molar-refractivity contribution in [2.75, 3.05) is 13.1 Å². The van der Waals surface area contributed by atoms with E-state index in [1.807, 2.05) is 24.3 Å². The fraction of sp³-hybridized carbons (Fsp3) is 0.571. The fourth-order valence-electron chi connectivity index (χ4n) is 2.75. The van der Waals surface area contributed by atoms with Crippen molar-refractivity contribution in [1.29, 1.82) is 0 Å². The van der Waals surface area contributed by atoms with Gasteiger partial charge in [-0.05, 0) is 36.8 Å². The second kappa shape index (κ2) is 5.11. The molecule has 6 heteroatoms. The number of aliphatic hydroxyl groups is 1. The highest BCUT2D eigenvalue weighted by atomic mass is 32.2. The number of benzene rings is 1. The van der Waals surface area contributed by atoms with E-state index in [9.17, 15) is 13.5 Å². The van der Waals surface area contributed by atoms with Crippen molar-refractivity contribution in [3.8, 4) is 0 Å². The first-order valence-electron chi connectivity index (χ1n) is 7.02. The van der Waals surface area contributed by atoms with Crippen molar-refractivity contribution >= 4 is 10.2 Å². The summed E-state index contributed by atoms with van der Waals surface area (Å²) in [5.74, 6) is 0. The Labute approximate surface area is 119 Å². The van der Waals surface area contributed by atoms with E-state index in [0.717, 1.165) is 18.4 Å². The van der Waals surface area contributed by atoms with Gasteiger partial charge in [0.15, 0.2) is 0 Å². The average molecular weight is 296 g/mol. The third-order valence-corrected chi connectivity index (χ3v) is 5.80. The molecule has 1 aromatic rings. The summed E-state index contributed by atoms with van der Waals surface area (Å²) in [5, 5.41) is 9.98. The van der Waals surface area contributed by atoms with Crippen LogP contribution in [-0.4, -0.2) is 36.5 Å². The van der Waals surface area contributed by atoms with Crippen molar-refractivity contribution < 1.29 is 13.5 Å². The van der Waals surface area contributed by atoms with Crippen LogP contribution in [-0.2, 0) is 23.2 Å². The van der Waals surface area contributed by atoms with Crippen LogP contribution >= 0.6 is 0 Å². The highest BCUT2D eigenvalue weighted by Crippen LogP contribution is 2.31. The van der Waals surface area contributed by atoms with E-state index in [4.69, 9.17) is 0 Å². The summed E-state index contributed by atoms with van der Waals surface area (Å²) in [4.78, 5) is 0. The van der Waals surface area contributed by atoms with Crippen molar-refractivity contribution in [3.05, 3.63) is 35.4 Å². The van der Waals surface area contributed by atoms with Crippen LogP contribution in [0.3, 0.4) is 0 Å². The second-order valence-electron chi connectivity index (χ2n) is 5.76. The molecule has 1 aliphatic carbocycles. The Bertz CT molecular complexity index is 596. The van der Waals surface area contributed by atoms with Crippen LogP contribution < -0.4 is 4.72 Å². The van der Waals surface area contributed by atoms with Gasteiger partial charge in [-0.2, -0.15) is 17.4 Å². The van der Waals surface area contributed by atoms with E-state index in [-0.39, 0.29) is 6.54 Å². The van der Waals surface area contributed by atoms with Crippen LogP contribution in [0.15, 0.2) is 24.3 Å². The quantitative estimate of drug-likeness (QED) is 0.863. The lowest BCUT2D eigenvalue weighted by atomic mass is 9.81. The molecule has 5 nitrogen and oxygen atoms in total. The molecule has 110 valence electrons. The SMILES string of the molecule is O=S(=O)(NCC1(O)CCC1)N1CCc2ccccc2C1. The molecule has 3 rings (SSSR count). The molecule has 0 amide bonds. The number of nitrogens with zero attached hydrogens (tertiary/aromatic N) is 1. The van der Waals surface area contributed by atoms with Crippen molar-refractivity contribution in [1.82, 2.24) is 9.03 Å². The number of hydrogen-bond donors (Lipinski definition) is 2. The van der Waals surface area contributed by atoms with Gasteiger partial charge in [0.05, 0.1) is 5.60 Å². The van der Waals surface area contributed by atoms with Gasteiger partial charge in [-0.15, -0.1) is 0 Å². The highest BCUT2D eigenvalue weighted by molar-refractivity contribution is 7.87. The Morgan fingerprint density at radius 3 is 2.60 bits per heavy atom. The molecule has 0 aromatic heterocycles. The first-order valence-corrected chi connectivity index (χ1v) is 8.46. The Balaban J connectivity index is 1.67. The number of fused-ring (bicyclic) bond motifs is 1. The van der Waals surface area contributed by atoms with Gasteiger partial charge < -0.3 is 5.11 Å². The Kier molecular flexibility index (Phi) is 3.58. The van der Waals surface area contributed by atoms with Crippen LogP contribution in [0.5, 0.6) is 0 Å². The van der Waals surface area contributed by atoms with Gasteiger partial charge in [-0.3, -0.25) is 0 Å². The predicted molar refractivity (Wildman–Crippen MR) is 76.3 cm³/mol. The molecule has 0 bridgehead atoms. The molecule has 1 aliphatic heterocycles. The van der Waals surface area contributed by atoms with Crippen molar-refractivity contribution in [3.63, 3.8) is 0 Å². The lowest BCUT2D eigenvalue weighted by molar-refractivity contribution is -0.0273. The maximum Gasteiger partial charge on any atom is 0.279 e. The molecule has 0 unspecified atom stereocenters. The predicted octanol–water partition coefficient (Wildman–Crippen LogP) is 0.794. The summed E-state index contributed by atoms with van der Waals surface area (Å²) in [6.45, 7) is 1.02. The molecule has 1 fully saturated rings. The summed E-state index contributed by atoms with van der Waals surface area (Å²) in [7, 11) is -3.51. The average Bonchev–Trinajstić information content (AvgIpc) is 2.42. The molecule has 0 saturated heterocycles. The van der Waals surface area contributed by atoms with Crippen LogP contribution in [0.1, 0.15) is 30.4 Å². The maximum absolute atomic E-state index is 12.3. The van der Waals surface area contributed by atoms with Gasteiger partial charge in [0.1, 0.15) is 0 Å². The molecule has 2 N–H and O–H groups in total. The minimum atomic E-state index is -3.51. The van der Waals surface area contributed by atoms with Gasteiger partial charge >= 0.3 is 0 Å². The monoisotopic (exact) mass is 296 g/mol. The lowest BCUT2D eigenvalue weighted by Crippen LogP contribution is -2.51. The number of hydrogen-bond acceptors (Lipinski definition) is 3. The summed E-state index contributed by atoms with van der Waals surface area (Å²) < 4.78 is 28.6. The summed E-state index contributed by atoms with van der Waals surface area (Å²) in [6.07, 6.45) is 3.06. The molecular weight excluding hydrogens is 276 g/mol. The molecule has 2 aliphatic rings. The fourth-order valence-corrected chi connectivity index (χ4v) is 4.03. The van der Waals surface area contributed by atoms with E-state index >= 15 is 0 Å². The topological polar surface area (TPSA) is 69.6 Å². The van der Waals surface area contributed by atoms with E-state index in [1.54, 1.807) is 0 Å². The molecule has 0 atom stereocenters. The van der Waals surface area contributed by atoms with Crippen LogP contribution in [0.4, 0.5) is 0 Å². The summed E-state index contributed by atoms with van der Waals surface area (Å²) in [5.41, 5.74) is 1.45. The maximum atomic E-state index is 12.3. The zero-order chi connectivity index (χ0) is 14.2. The molecule has 20 heavy (non-hydrogen) atoms. The summed E-state index contributed by atoms with van der Waals surface area (Å²) in [6, 6.07) is 7.92. The van der Waals surface area contributed by atoms with Crippen LogP contribution in [0, 0.1) is 0 Å². The standard InChI is InChI=1S/C14H20N2O3S/c17-14(7-3-8-14)11-15-20(18,19)16-9-6-12-4-1-2-5-13(12)10-16/h1-2,4-5,15,17H,3,6-11H2. The highest BCUT2D eigenvalue weighted by Gasteiger charge is 2.36. The Hall–Kier alpha value is -0.950. The zero-order valence-electron chi connectivity index (χ0n) is 11.4. The largest absolute Gasteiger partial charge is 0.389 e. The van der Waals surface area contributed by atoms with Gasteiger partial charge in [0.25, 0.3) is 10.2 Å². The van der Waals surface area contributed by atoms with E-state index in [0.29, 0.717) is 25.9 Å².